The molecule has 3 heteroatoms. The molecule has 0 bridgehead atoms. The molecular weight excluding hydrogens is 175 g/mol. The normalized spacial score (nSPS) is 24.2. The third-order valence-corrected chi connectivity index (χ3v) is 6.35. The molecule has 0 spiro atoms. The van der Waals surface area contributed by atoms with Crippen molar-refractivity contribution >= 4 is 15.0 Å². The van der Waals surface area contributed by atoms with Crippen LogP contribution in [0.1, 0.15) is 20.8 Å². The minimum absolute atomic E-state index is 0.328. The highest BCUT2D eigenvalue weighted by Crippen LogP contribution is 2.35. The van der Waals surface area contributed by atoms with Crippen molar-refractivity contribution in [3.8, 4) is 0 Å². The summed E-state index contributed by atoms with van der Waals surface area (Å²) < 4.78 is 5.94. The van der Waals surface area contributed by atoms with Crippen LogP contribution in [0.15, 0.2) is 0 Å². The molecule has 0 radical (unpaired) electrons. The van der Waals surface area contributed by atoms with Gasteiger partial charge < -0.3 is 4.65 Å². The molecular formula is C10H23BOSi. The summed E-state index contributed by atoms with van der Waals surface area (Å²) >= 11 is 0. The molecule has 0 aliphatic carbocycles. The molecule has 0 unspecified atom stereocenters. The first-order valence-electron chi connectivity index (χ1n) is 5.43. The molecule has 0 atom stereocenters. The van der Waals surface area contributed by atoms with Crippen LogP contribution < -0.4 is 0 Å². The summed E-state index contributed by atoms with van der Waals surface area (Å²) in [6, 6.07) is 2.79. The van der Waals surface area contributed by atoms with Crippen molar-refractivity contribution < 1.29 is 4.65 Å². The SMILES string of the molecule is CC(C)(C)B1CC[Si](C)(C)CCO1. The van der Waals surface area contributed by atoms with Crippen LogP contribution in [0.4, 0.5) is 0 Å². The van der Waals surface area contributed by atoms with Gasteiger partial charge in [-0.3, -0.25) is 0 Å². The highest BCUT2D eigenvalue weighted by atomic mass is 28.3. The molecule has 0 aromatic heterocycles. The van der Waals surface area contributed by atoms with E-state index in [-0.39, 0.29) is 0 Å². The topological polar surface area (TPSA) is 9.23 Å². The van der Waals surface area contributed by atoms with E-state index in [0.29, 0.717) is 12.2 Å². The van der Waals surface area contributed by atoms with E-state index in [9.17, 15) is 0 Å². The van der Waals surface area contributed by atoms with Gasteiger partial charge in [-0.25, -0.2) is 0 Å². The van der Waals surface area contributed by atoms with Crippen molar-refractivity contribution in [2.45, 2.75) is 57.6 Å². The first kappa shape index (κ1) is 11.3. The van der Waals surface area contributed by atoms with Crippen molar-refractivity contribution in [1.29, 1.82) is 0 Å². The number of hydrogen-bond acceptors (Lipinski definition) is 1. The van der Waals surface area contributed by atoms with E-state index in [1.807, 2.05) is 0 Å². The minimum atomic E-state index is -0.886. The Balaban J connectivity index is 2.55. The molecule has 76 valence electrons. The van der Waals surface area contributed by atoms with E-state index < -0.39 is 8.07 Å². The Labute approximate surface area is 84.4 Å². The average molecular weight is 198 g/mol. The molecule has 0 amide bonds. The van der Waals surface area contributed by atoms with Gasteiger partial charge in [0.2, 0.25) is 0 Å². The molecule has 1 heterocycles. The van der Waals surface area contributed by atoms with E-state index in [0.717, 1.165) is 6.61 Å². The Bertz CT molecular complexity index is 174. The summed E-state index contributed by atoms with van der Waals surface area (Å²) in [5.41, 5.74) is 0. The second-order valence-corrected chi connectivity index (χ2v) is 11.5. The Morgan fingerprint density at radius 1 is 1.15 bits per heavy atom. The number of hydrogen-bond donors (Lipinski definition) is 0. The van der Waals surface area contributed by atoms with Gasteiger partial charge in [-0.15, -0.1) is 0 Å². The maximum absolute atomic E-state index is 5.94. The lowest BCUT2D eigenvalue weighted by Crippen LogP contribution is -2.28. The van der Waals surface area contributed by atoms with Crippen molar-refractivity contribution in [1.82, 2.24) is 0 Å². The zero-order valence-electron chi connectivity index (χ0n) is 9.81. The minimum Gasteiger partial charge on any atom is -0.436 e. The van der Waals surface area contributed by atoms with Gasteiger partial charge in [0.25, 0.3) is 6.92 Å². The number of rotatable bonds is 0. The van der Waals surface area contributed by atoms with Crippen LogP contribution in [0, 0.1) is 0 Å². The highest BCUT2D eigenvalue weighted by Gasteiger charge is 2.35. The Morgan fingerprint density at radius 3 is 2.31 bits per heavy atom. The Hall–Kier alpha value is 0.242. The molecule has 0 aromatic rings. The van der Waals surface area contributed by atoms with Crippen molar-refractivity contribution in [2.24, 2.45) is 0 Å². The molecule has 1 nitrogen and oxygen atoms in total. The lowest BCUT2D eigenvalue weighted by Gasteiger charge is -2.25. The highest BCUT2D eigenvalue weighted by molar-refractivity contribution is 6.79. The molecule has 1 rings (SSSR count). The third-order valence-electron chi connectivity index (χ3n) is 3.15. The summed E-state index contributed by atoms with van der Waals surface area (Å²) in [6.07, 6.45) is 1.28. The fraction of sp³-hybridized carbons (Fsp3) is 1.00. The predicted molar refractivity (Wildman–Crippen MR) is 63.3 cm³/mol. The second-order valence-electron chi connectivity index (χ2n) is 6.18. The van der Waals surface area contributed by atoms with Gasteiger partial charge in [0, 0.05) is 14.7 Å². The van der Waals surface area contributed by atoms with Crippen molar-refractivity contribution in [2.75, 3.05) is 6.61 Å². The standard InChI is InChI=1S/C10H23BOSi/c1-10(2,3)11-6-8-13(4,5)9-7-12-11/h6-9H2,1-5H3. The van der Waals surface area contributed by atoms with Crippen molar-refractivity contribution in [3.63, 3.8) is 0 Å². The largest absolute Gasteiger partial charge is 0.436 e. The fourth-order valence-electron chi connectivity index (χ4n) is 1.89. The lowest BCUT2D eigenvalue weighted by molar-refractivity contribution is 0.325. The maximum Gasteiger partial charge on any atom is 0.298 e. The summed E-state index contributed by atoms with van der Waals surface area (Å²) in [5.74, 6) is 0. The van der Waals surface area contributed by atoms with Crippen LogP contribution in [0.5, 0.6) is 0 Å². The maximum atomic E-state index is 5.94. The van der Waals surface area contributed by atoms with Gasteiger partial charge in [0.15, 0.2) is 0 Å². The Kier molecular flexibility index (Phi) is 3.29. The predicted octanol–water partition coefficient (Wildman–Crippen LogP) is 3.52. The van der Waals surface area contributed by atoms with Gasteiger partial charge in [-0.2, -0.15) is 0 Å². The summed E-state index contributed by atoms with van der Waals surface area (Å²) in [4.78, 5) is 0. The van der Waals surface area contributed by atoms with Crippen LogP contribution >= 0.6 is 0 Å². The molecule has 1 aliphatic rings. The van der Waals surface area contributed by atoms with E-state index in [4.69, 9.17) is 4.65 Å². The van der Waals surface area contributed by atoms with E-state index in [1.165, 1.54) is 18.4 Å². The average Bonchev–Trinajstić information content (AvgIpc) is 2.08. The zero-order chi connectivity index (χ0) is 10.1. The summed E-state index contributed by atoms with van der Waals surface area (Å²) in [5, 5.41) is 0.328. The van der Waals surface area contributed by atoms with E-state index in [1.54, 1.807) is 0 Å². The summed E-state index contributed by atoms with van der Waals surface area (Å²) in [7, 11) is -0.886. The summed E-state index contributed by atoms with van der Waals surface area (Å²) in [6.45, 7) is 13.3. The van der Waals surface area contributed by atoms with Gasteiger partial charge in [0.1, 0.15) is 0 Å². The molecule has 13 heavy (non-hydrogen) atoms. The van der Waals surface area contributed by atoms with Gasteiger partial charge >= 0.3 is 0 Å². The zero-order valence-corrected chi connectivity index (χ0v) is 10.8. The molecule has 1 fully saturated rings. The van der Waals surface area contributed by atoms with Crippen molar-refractivity contribution in [3.05, 3.63) is 0 Å². The van der Waals surface area contributed by atoms with Gasteiger partial charge in [0.05, 0.1) is 0 Å². The second kappa shape index (κ2) is 3.78. The first-order valence-corrected chi connectivity index (χ1v) is 8.84. The Morgan fingerprint density at radius 2 is 1.77 bits per heavy atom. The van der Waals surface area contributed by atoms with Gasteiger partial charge in [-0.1, -0.05) is 39.9 Å². The quantitative estimate of drug-likeness (QED) is 0.541. The monoisotopic (exact) mass is 198 g/mol. The molecule has 0 N–H and O–H groups in total. The smallest absolute Gasteiger partial charge is 0.298 e. The van der Waals surface area contributed by atoms with E-state index in [2.05, 4.69) is 33.9 Å². The molecule has 1 aliphatic heterocycles. The third kappa shape index (κ3) is 3.47. The van der Waals surface area contributed by atoms with Crippen LogP contribution in [0.2, 0.25) is 36.8 Å². The first-order chi connectivity index (χ1) is 5.81. The lowest BCUT2D eigenvalue weighted by atomic mass is 9.46. The molecule has 0 saturated carbocycles. The van der Waals surface area contributed by atoms with Crippen LogP contribution in [-0.2, 0) is 4.65 Å². The van der Waals surface area contributed by atoms with Crippen LogP contribution in [0.25, 0.3) is 0 Å². The van der Waals surface area contributed by atoms with E-state index >= 15 is 0 Å². The van der Waals surface area contributed by atoms with Crippen LogP contribution in [0.3, 0.4) is 0 Å². The molecule has 0 aromatic carbocycles. The van der Waals surface area contributed by atoms with Gasteiger partial charge in [-0.05, 0) is 17.7 Å². The fourth-order valence-corrected chi connectivity index (χ4v) is 3.85. The van der Waals surface area contributed by atoms with Crippen LogP contribution in [-0.4, -0.2) is 21.6 Å². The molecule has 1 saturated heterocycles.